The molecule has 0 saturated carbocycles. The van der Waals surface area contributed by atoms with Gasteiger partial charge in [0, 0.05) is 34.7 Å². The number of carbonyl (C=O) groups excluding carboxylic acids is 1. The number of amides is 1. The van der Waals surface area contributed by atoms with Gasteiger partial charge < -0.3 is 15.2 Å². The molecule has 2 heterocycles. The number of fused-ring (bicyclic) bond motifs is 1. The predicted molar refractivity (Wildman–Crippen MR) is 125 cm³/mol. The first-order valence-electron chi connectivity index (χ1n) is 10.1. The third kappa shape index (κ3) is 4.80. The lowest BCUT2D eigenvalue weighted by Crippen LogP contribution is -2.43. The van der Waals surface area contributed by atoms with Crippen LogP contribution in [0, 0.1) is 11.6 Å². The SMILES string of the molecule is C[S+]([O-])Cc1cc(Nc2ncc(Cl)c(-c3ccc4c(c3)C(C)(C)CNC4=O)n2)c(F)cc1F. The van der Waals surface area contributed by atoms with Crippen molar-refractivity contribution in [3.8, 4) is 11.3 Å². The molecule has 33 heavy (non-hydrogen) atoms. The zero-order valence-electron chi connectivity index (χ0n) is 18.1. The lowest BCUT2D eigenvalue weighted by Gasteiger charge is -2.32. The number of anilines is 2. The van der Waals surface area contributed by atoms with E-state index >= 15 is 0 Å². The minimum absolute atomic E-state index is 0.0478. The van der Waals surface area contributed by atoms with Gasteiger partial charge in [0.05, 0.1) is 28.9 Å². The summed E-state index contributed by atoms with van der Waals surface area (Å²) in [6, 6.07) is 7.33. The Morgan fingerprint density at radius 1 is 1.24 bits per heavy atom. The zero-order valence-corrected chi connectivity index (χ0v) is 19.7. The quantitative estimate of drug-likeness (QED) is 0.505. The maximum atomic E-state index is 14.4. The van der Waals surface area contributed by atoms with E-state index in [1.54, 1.807) is 12.1 Å². The van der Waals surface area contributed by atoms with Crippen LogP contribution in [0.1, 0.15) is 35.3 Å². The average molecular weight is 491 g/mol. The van der Waals surface area contributed by atoms with E-state index in [-0.39, 0.29) is 39.3 Å². The Balaban J connectivity index is 1.71. The third-order valence-electron chi connectivity index (χ3n) is 5.44. The fourth-order valence-electron chi connectivity index (χ4n) is 3.71. The van der Waals surface area contributed by atoms with Crippen LogP contribution in [0.15, 0.2) is 36.5 Å². The van der Waals surface area contributed by atoms with Gasteiger partial charge in [-0.15, -0.1) is 0 Å². The van der Waals surface area contributed by atoms with E-state index < -0.39 is 22.8 Å². The summed E-state index contributed by atoms with van der Waals surface area (Å²) < 4.78 is 39.9. The Kier molecular flexibility index (Phi) is 6.30. The Morgan fingerprint density at radius 2 is 2.00 bits per heavy atom. The van der Waals surface area contributed by atoms with Crippen LogP contribution >= 0.6 is 11.6 Å². The molecule has 1 atom stereocenters. The second-order valence-electron chi connectivity index (χ2n) is 8.48. The number of carbonyl (C=O) groups is 1. The summed E-state index contributed by atoms with van der Waals surface area (Å²) in [5, 5.41) is 5.91. The van der Waals surface area contributed by atoms with Gasteiger partial charge >= 0.3 is 0 Å². The molecule has 0 radical (unpaired) electrons. The Morgan fingerprint density at radius 3 is 2.73 bits per heavy atom. The van der Waals surface area contributed by atoms with Crippen molar-refractivity contribution >= 4 is 40.3 Å². The largest absolute Gasteiger partial charge is 0.616 e. The summed E-state index contributed by atoms with van der Waals surface area (Å²) in [6.45, 7) is 4.56. The summed E-state index contributed by atoms with van der Waals surface area (Å²) in [5.74, 6) is -1.74. The third-order valence-corrected chi connectivity index (χ3v) is 6.44. The molecule has 0 fully saturated rings. The van der Waals surface area contributed by atoms with E-state index in [4.69, 9.17) is 11.6 Å². The minimum atomic E-state index is -1.30. The molecule has 172 valence electrons. The number of hydrogen-bond donors (Lipinski definition) is 2. The lowest BCUT2D eigenvalue weighted by molar-refractivity contribution is 0.0930. The Bertz CT molecular complexity index is 1250. The number of nitrogens with one attached hydrogen (secondary N) is 2. The van der Waals surface area contributed by atoms with Crippen molar-refractivity contribution in [1.82, 2.24) is 15.3 Å². The highest BCUT2D eigenvalue weighted by Crippen LogP contribution is 2.35. The molecule has 4 rings (SSSR count). The molecule has 0 spiro atoms. The van der Waals surface area contributed by atoms with E-state index in [1.165, 1.54) is 18.5 Å². The van der Waals surface area contributed by atoms with Crippen LogP contribution in [0.5, 0.6) is 0 Å². The summed E-state index contributed by atoms with van der Waals surface area (Å²) in [7, 11) is 0. The van der Waals surface area contributed by atoms with E-state index in [0.29, 0.717) is 23.4 Å². The summed E-state index contributed by atoms with van der Waals surface area (Å²) in [4.78, 5) is 20.8. The maximum Gasteiger partial charge on any atom is 0.251 e. The standard InChI is InChI=1S/C23H21ClF2N4O2S/c1-23(2)11-28-21(31)14-5-4-12(6-15(14)23)20-16(24)9-27-22(30-20)29-19-7-13(10-33(3)32)17(25)8-18(19)26/h4-9H,10-11H2,1-3H3,(H,28,31)(H,27,29,30). The molecule has 0 bridgehead atoms. The molecule has 2 N–H and O–H groups in total. The lowest BCUT2D eigenvalue weighted by atomic mass is 9.78. The highest BCUT2D eigenvalue weighted by atomic mass is 35.5. The van der Waals surface area contributed by atoms with E-state index in [1.807, 2.05) is 19.9 Å². The molecule has 1 aliphatic rings. The smallest absolute Gasteiger partial charge is 0.251 e. The number of nitrogens with zero attached hydrogens (tertiary/aromatic N) is 2. The van der Waals surface area contributed by atoms with E-state index in [9.17, 15) is 18.1 Å². The predicted octanol–water partition coefficient (Wildman–Crippen LogP) is 4.72. The first-order chi connectivity index (χ1) is 15.5. The van der Waals surface area contributed by atoms with Gasteiger partial charge in [-0.25, -0.2) is 18.7 Å². The fraction of sp³-hybridized carbons (Fsp3) is 0.261. The Hall–Kier alpha value is -2.75. The summed E-state index contributed by atoms with van der Waals surface area (Å²) >= 11 is 5.06. The minimum Gasteiger partial charge on any atom is -0.616 e. The van der Waals surface area contributed by atoms with Gasteiger partial charge in [-0.2, -0.15) is 0 Å². The van der Waals surface area contributed by atoms with Crippen LogP contribution < -0.4 is 10.6 Å². The van der Waals surface area contributed by atoms with Crippen LogP contribution in [0.25, 0.3) is 11.3 Å². The van der Waals surface area contributed by atoms with Crippen LogP contribution in [0.3, 0.4) is 0 Å². The Labute approximate surface area is 198 Å². The zero-order chi connectivity index (χ0) is 23.9. The van der Waals surface area contributed by atoms with Crippen molar-refractivity contribution in [2.45, 2.75) is 25.0 Å². The maximum absolute atomic E-state index is 14.4. The van der Waals surface area contributed by atoms with Gasteiger partial charge in [0.1, 0.15) is 17.4 Å². The van der Waals surface area contributed by atoms with Gasteiger partial charge in [-0.1, -0.05) is 42.7 Å². The number of rotatable bonds is 5. The van der Waals surface area contributed by atoms with Crippen molar-refractivity contribution in [2.75, 3.05) is 18.1 Å². The highest BCUT2D eigenvalue weighted by molar-refractivity contribution is 7.89. The second kappa shape index (κ2) is 8.89. The first kappa shape index (κ1) is 23.4. The van der Waals surface area contributed by atoms with Crippen LogP contribution in [0.4, 0.5) is 20.4 Å². The normalized spacial score (nSPS) is 15.5. The van der Waals surface area contributed by atoms with Gasteiger partial charge in [0.15, 0.2) is 0 Å². The molecule has 0 aliphatic carbocycles. The average Bonchev–Trinajstić information content (AvgIpc) is 2.75. The fourth-order valence-corrected chi connectivity index (χ4v) is 4.57. The molecule has 3 aromatic rings. The van der Waals surface area contributed by atoms with Gasteiger partial charge in [-0.3, -0.25) is 4.79 Å². The van der Waals surface area contributed by atoms with Crippen molar-refractivity contribution in [1.29, 1.82) is 0 Å². The number of benzene rings is 2. The van der Waals surface area contributed by atoms with Crippen molar-refractivity contribution in [3.63, 3.8) is 0 Å². The van der Waals surface area contributed by atoms with Crippen molar-refractivity contribution in [3.05, 3.63) is 69.9 Å². The van der Waals surface area contributed by atoms with Crippen LogP contribution in [-0.2, 0) is 22.3 Å². The monoisotopic (exact) mass is 490 g/mol. The van der Waals surface area contributed by atoms with E-state index in [0.717, 1.165) is 11.6 Å². The molecule has 10 heteroatoms. The van der Waals surface area contributed by atoms with Gasteiger partial charge in [-0.05, 0) is 23.8 Å². The second-order valence-corrected chi connectivity index (χ2v) is 10.3. The molecule has 1 aliphatic heterocycles. The first-order valence-corrected chi connectivity index (χ1v) is 12.2. The molecular formula is C23H21ClF2N4O2S. The van der Waals surface area contributed by atoms with Crippen molar-refractivity contribution in [2.24, 2.45) is 0 Å². The topological polar surface area (TPSA) is 90.0 Å². The molecule has 1 unspecified atom stereocenters. The number of hydrogen-bond acceptors (Lipinski definition) is 5. The summed E-state index contributed by atoms with van der Waals surface area (Å²) in [6.07, 6.45) is 2.82. The van der Waals surface area contributed by atoms with Crippen LogP contribution in [-0.4, -0.2) is 33.2 Å². The highest BCUT2D eigenvalue weighted by Gasteiger charge is 2.32. The van der Waals surface area contributed by atoms with Gasteiger partial charge in [0.2, 0.25) is 5.95 Å². The molecule has 6 nitrogen and oxygen atoms in total. The number of halogens is 3. The van der Waals surface area contributed by atoms with Gasteiger partial charge in [0.25, 0.3) is 5.91 Å². The number of aromatic nitrogens is 2. The summed E-state index contributed by atoms with van der Waals surface area (Å²) in [5.41, 5.74) is 2.32. The molecular weight excluding hydrogens is 470 g/mol. The molecule has 1 amide bonds. The molecule has 0 saturated heterocycles. The van der Waals surface area contributed by atoms with Crippen LogP contribution in [0.2, 0.25) is 5.02 Å². The van der Waals surface area contributed by atoms with Crippen molar-refractivity contribution < 1.29 is 18.1 Å². The molecule has 1 aromatic heterocycles. The van der Waals surface area contributed by atoms with E-state index in [2.05, 4.69) is 20.6 Å². The molecule has 2 aromatic carbocycles.